The van der Waals surface area contributed by atoms with Crippen molar-refractivity contribution in [2.45, 2.75) is 6.04 Å². The summed E-state index contributed by atoms with van der Waals surface area (Å²) >= 11 is 0. The molecule has 0 fully saturated rings. The largest absolute Gasteiger partial charge is 0.467 e. The second-order valence-electron chi connectivity index (χ2n) is 5.96. The monoisotopic (exact) mass is 359 g/mol. The van der Waals surface area contributed by atoms with Crippen molar-refractivity contribution in [3.8, 4) is 0 Å². The fraction of sp³-hybridized carbons (Fsp3) is 0.0556. The van der Waals surface area contributed by atoms with E-state index in [4.69, 9.17) is 4.42 Å². The van der Waals surface area contributed by atoms with Crippen LogP contribution < -0.4 is 10.9 Å². The van der Waals surface area contributed by atoms with Crippen molar-refractivity contribution < 1.29 is 4.42 Å². The van der Waals surface area contributed by atoms with Crippen molar-refractivity contribution >= 4 is 23.8 Å². The summed E-state index contributed by atoms with van der Waals surface area (Å²) in [7, 11) is 0. The summed E-state index contributed by atoms with van der Waals surface area (Å²) in [4.78, 5) is 12.4. The van der Waals surface area contributed by atoms with Gasteiger partial charge >= 0.3 is 0 Å². The van der Waals surface area contributed by atoms with E-state index >= 15 is 0 Å². The van der Waals surface area contributed by atoms with Crippen LogP contribution in [0.25, 0.3) is 12.2 Å². The Hall–Kier alpha value is -4.01. The summed E-state index contributed by atoms with van der Waals surface area (Å²) in [6.07, 6.45) is 5.34. The third-order valence-electron chi connectivity index (χ3n) is 4.34. The van der Waals surface area contributed by atoms with Gasteiger partial charge in [-0.1, -0.05) is 41.5 Å². The zero-order chi connectivity index (χ0) is 18.2. The van der Waals surface area contributed by atoms with E-state index in [0.717, 1.165) is 5.56 Å². The number of rotatable bonds is 3. The Morgan fingerprint density at radius 1 is 1.11 bits per heavy atom. The molecule has 132 valence electrons. The molecular weight excluding hydrogens is 346 g/mol. The van der Waals surface area contributed by atoms with Crippen molar-refractivity contribution in [2.24, 2.45) is 0 Å². The highest BCUT2D eigenvalue weighted by molar-refractivity contribution is 5.75. The normalized spacial score (nSPS) is 15.3. The predicted octanol–water partition coefficient (Wildman–Crippen LogP) is 2.21. The lowest BCUT2D eigenvalue weighted by molar-refractivity contribution is 0.434. The molecule has 0 unspecified atom stereocenters. The van der Waals surface area contributed by atoms with Gasteiger partial charge in [0.1, 0.15) is 17.5 Å². The van der Waals surface area contributed by atoms with E-state index in [2.05, 4.69) is 31.0 Å². The predicted molar refractivity (Wildman–Crippen MR) is 97.3 cm³/mol. The van der Waals surface area contributed by atoms with Crippen LogP contribution in [0.1, 0.15) is 28.6 Å². The number of aromatic amines is 1. The fourth-order valence-corrected chi connectivity index (χ4v) is 3.14. The topological polar surface area (TPSA) is 115 Å². The number of aromatic nitrogens is 6. The summed E-state index contributed by atoms with van der Waals surface area (Å²) in [5, 5.41) is 21.4. The summed E-state index contributed by atoms with van der Waals surface area (Å²) < 4.78 is 7.18. The Kier molecular flexibility index (Phi) is 3.42. The number of H-pyrrole nitrogens is 1. The molecule has 0 saturated heterocycles. The van der Waals surface area contributed by atoms with E-state index in [0.29, 0.717) is 28.7 Å². The van der Waals surface area contributed by atoms with Gasteiger partial charge in [-0.15, -0.1) is 0 Å². The van der Waals surface area contributed by atoms with Crippen LogP contribution in [-0.2, 0) is 0 Å². The number of nitrogens with one attached hydrogen (secondary N) is 2. The summed E-state index contributed by atoms with van der Waals surface area (Å²) in [6.45, 7) is 0. The molecule has 4 aromatic rings. The van der Waals surface area contributed by atoms with Crippen LogP contribution in [-0.4, -0.2) is 30.4 Å². The molecule has 5 rings (SSSR count). The fourth-order valence-electron chi connectivity index (χ4n) is 3.14. The molecular formula is C18H13N7O2. The summed E-state index contributed by atoms with van der Waals surface area (Å²) in [5.41, 5.74) is 2.24. The molecule has 0 amide bonds. The Labute approximate surface area is 152 Å². The molecule has 1 atom stereocenters. The first-order valence-electron chi connectivity index (χ1n) is 8.25. The van der Waals surface area contributed by atoms with Crippen molar-refractivity contribution in [3.63, 3.8) is 0 Å². The van der Waals surface area contributed by atoms with Gasteiger partial charge in [0.15, 0.2) is 0 Å². The van der Waals surface area contributed by atoms with E-state index in [-0.39, 0.29) is 5.56 Å². The zero-order valence-corrected chi connectivity index (χ0v) is 13.9. The Balaban J connectivity index is 1.71. The molecule has 1 aromatic carbocycles. The standard InChI is InChI=1S/C18H13N7O2/c26-17-15-14(12(20-21-17)9-8-11-5-2-1-3-6-11)16(13-7-4-10-27-13)25-18(19-15)22-23-24-25/h1-10,16H,(H,21,26)(H,19,22,24)/b9-8+/t16-/m0/s1. The highest BCUT2D eigenvalue weighted by Gasteiger charge is 2.34. The lowest BCUT2D eigenvalue weighted by Crippen LogP contribution is -2.29. The second-order valence-corrected chi connectivity index (χ2v) is 5.96. The van der Waals surface area contributed by atoms with Gasteiger partial charge in [0.2, 0.25) is 5.95 Å². The zero-order valence-electron chi connectivity index (χ0n) is 13.9. The molecule has 0 bridgehead atoms. The van der Waals surface area contributed by atoms with Gasteiger partial charge in [0, 0.05) is 5.56 Å². The summed E-state index contributed by atoms with van der Waals surface area (Å²) in [6, 6.07) is 12.9. The minimum absolute atomic E-state index is 0.349. The molecule has 0 radical (unpaired) electrons. The molecule has 1 aliphatic heterocycles. The number of nitrogens with zero attached hydrogens (tertiary/aromatic N) is 5. The Morgan fingerprint density at radius 3 is 2.81 bits per heavy atom. The van der Waals surface area contributed by atoms with Gasteiger partial charge in [0.25, 0.3) is 5.56 Å². The van der Waals surface area contributed by atoms with Gasteiger partial charge in [-0.05, 0) is 34.2 Å². The molecule has 9 nitrogen and oxygen atoms in total. The molecule has 1 aliphatic rings. The third kappa shape index (κ3) is 2.53. The first kappa shape index (κ1) is 15.3. The van der Waals surface area contributed by atoms with E-state index in [1.54, 1.807) is 17.0 Å². The lowest BCUT2D eigenvalue weighted by atomic mass is 9.99. The SMILES string of the molecule is O=c1[nH]nc(/C=C/c2ccccc2)c2c1Nc1nnnn1[C@H]2c1ccco1. The van der Waals surface area contributed by atoms with E-state index < -0.39 is 6.04 Å². The molecule has 2 N–H and O–H groups in total. The molecule has 9 heteroatoms. The van der Waals surface area contributed by atoms with Crippen LogP contribution in [0.4, 0.5) is 11.6 Å². The first-order chi connectivity index (χ1) is 13.3. The highest BCUT2D eigenvalue weighted by atomic mass is 16.3. The molecule has 0 aliphatic carbocycles. The number of fused-ring (bicyclic) bond motifs is 2. The van der Waals surface area contributed by atoms with Crippen molar-refractivity contribution in [2.75, 3.05) is 5.32 Å². The first-order valence-corrected chi connectivity index (χ1v) is 8.25. The molecule has 0 saturated carbocycles. The van der Waals surface area contributed by atoms with Crippen LogP contribution in [0.5, 0.6) is 0 Å². The molecule has 0 spiro atoms. The van der Waals surface area contributed by atoms with E-state index in [9.17, 15) is 4.79 Å². The number of hydrogen-bond acceptors (Lipinski definition) is 7. The van der Waals surface area contributed by atoms with Crippen LogP contribution in [0, 0.1) is 0 Å². The van der Waals surface area contributed by atoms with Crippen LogP contribution in [0.3, 0.4) is 0 Å². The molecule has 3 aromatic heterocycles. The number of benzene rings is 1. The smallest absolute Gasteiger partial charge is 0.288 e. The second kappa shape index (κ2) is 6.06. The Morgan fingerprint density at radius 2 is 2.00 bits per heavy atom. The van der Waals surface area contributed by atoms with Crippen LogP contribution in [0.2, 0.25) is 0 Å². The van der Waals surface area contributed by atoms with Gasteiger partial charge in [-0.3, -0.25) is 4.79 Å². The Bertz CT molecular complexity index is 1180. The van der Waals surface area contributed by atoms with E-state index in [1.165, 1.54) is 0 Å². The number of furan rings is 1. The lowest BCUT2D eigenvalue weighted by Gasteiger charge is -2.25. The van der Waals surface area contributed by atoms with E-state index in [1.807, 2.05) is 48.6 Å². The maximum Gasteiger partial charge on any atom is 0.288 e. The maximum absolute atomic E-state index is 12.4. The van der Waals surface area contributed by atoms with Crippen molar-refractivity contribution in [1.29, 1.82) is 0 Å². The quantitative estimate of drug-likeness (QED) is 0.507. The van der Waals surface area contributed by atoms with Crippen LogP contribution in [0.15, 0.2) is 57.9 Å². The van der Waals surface area contributed by atoms with Gasteiger partial charge in [-0.25, -0.2) is 5.10 Å². The highest BCUT2D eigenvalue weighted by Crippen LogP contribution is 2.38. The van der Waals surface area contributed by atoms with Crippen molar-refractivity contribution in [3.05, 3.63) is 81.7 Å². The molecule has 27 heavy (non-hydrogen) atoms. The number of hydrogen-bond donors (Lipinski definition) is 2. The minimum atomic E-state index is -0.508. The van der Waals surface area contributed by atoms with Crippen LogP contribution >= 0.6 is 0 Å². The van der Waals surface area contributed by atoms with Gasteiger partial charge in [0.05, 0.1) is 12.0 Å². The minimum Gasteiger partial charge on any atom is -0.467 e. The summed E-state index contributed by atoms with van der Waals surface area (Å²) in [5.74, 6) is 0.964. The average Bonchev–Trinajstić information content (AvgIpc) is 3.39. The maximum atomic E-state index is 12.4. The number of anilines is 2. The number of tetrazole rings is 1. The average molecular weight is 359 g/mol. The van der Waals surface area contributed by atoms with Gasteiger partial charge in [-0.2, -0.15) is 9.78 Å². The third-order valence-corrected chi connectivity index (χ3v) is 4.34. The molecule has 4 heterocycles. The van der Waals surface area contributed by atoms with Crippen molar-refractivity contribution in [1.82, 2.24) is 30.4 Å². The van der Waals surface area contributed by atoms with Gasteiger partial charge < -0.3 is 9.73 Å².